The third-order valence-electron chi connectivity index (χ3n) is 2.25. The predicted octanol–water partition coefficient (Wildman–Crippen LogP) is 2.76. The highest BCUT2D eigenvalue weighted by Gasteiger charge is 2.23. The maximum atomic E-state index is 13.3. The van der Waals surface area contributed by atoms with Crippen LogP contribution in [0.5, 0.6) is 0 Å². The molecule has 0 amide bonds. The van der Waals surface area contributed by atoms with Crippen LogP contribution in [0.25, 0.3) is 0 Å². The summed E-state index contributed by atoms with van der Waals surface area (Å²) in [5.74, 6) is -3.34. The first-order valence-electron chi connectivity index (χ1n) is 4.91. The van der Waals surface area contributed by atoms with Crippen molar-refractivity contribution in [1.29, 1.82) is 0 Å². The predicted molar refractivity (Wildman–Crippen MR) is 55.2 cm³/mol. The molecule has 0 saturated carbocycles. The third-order valence-corrected chi connectivity index (χ3v) is 2.25. The molecule has 1 rings (SSSR count). The molecular formula is C12H12F2O2. The van der Waals surface area contributed by atoms with Crippen molar-refractivity contribution in [3.63, 3.8) is 0 Å². The SMILES string of the molecule is CC(=O)CC(C)C(=O)c1c(F)cccc1F. The van der Waals surface area contributed by atoms with Gasteiger partial charge < -0.3 is 4.79 Å². The fraction of sp³-hybridized carbons (Fsp3) is 0.333. The van der Waals surface area contributed by atoms with Gasteiger partial charge in [-0.15, -0.1) is 0 Å². The number of benzene rings is 1. The van der Waals surface area contributed by atoms with Crippen LogP contribution in [0.4, 0.5) is 8.78 Å². The molecule has 1 aromatic rings. The van der Waals surface area contributed by atoms with Crippen LogP contribution in [-0.2, 0) is 4.79 Å². The topological polar surface area (TPSA) is 34.1 Å². The summed E-state index contributed by atoms with van der Waals surface area (Å²) in [5.41, 5.74) is -0.559. The number of ketones is 2. The number of halogens is 2. The standard InChI is InChI=1S/C12H12F2O2/c1-7(6-8(2)15)12(16)11-9(13)4-3-5-10(11)14/h3-5,7H,6H2,1-2H3. The lowest BCUT2D eigenvalue weighted by Crippen LogP contribution is -2.17. The number of hydrogen-bond donors (Lipinski definition) is 0. The largest absolute Gasteiger partial charge is 0.300 e. The van der Waals surface area contributed by atoms with Crippen LogP contribution in [0.1, 0.15) is 30.6 Å². The van der Waals surface area contributed by atoms with Gasteiger partial charge in [0.05, 0.1) is 5.56 Å². The van der Waals surface area contributed by atoms with Gasteiger partial charge in [-0.25, -0.2) is 8.78 Å². The van der Waals surface area contributed by atoms with Crippen molar-refractivity contribution in [2.75, 3.05) is 0 Å². The van der Waals surface area contributed by atoms with Gasteiger partial charge in [0.25, 0.3) is 0 Å². The lowest BCUT2D eigenvalue weighted by atomic mass is 9.94. The first kappa shape index (κ1) is 12.5. The van der Waals surface area contributed by atoms with E-state index in [0.717, 1.165) is 12.1 Å². The Morgan fingerprint density at radius 2 is 1.75 bits per heavy atom. The maximum Gasteiger partial charge on any atom is 0.172 e. The van der Waals surface area contributed by atoms with Crippen LogP contribution in [0.2, 0.25) is 0 Å². The average Bonchev–Trinajstić information content (AvgIpc) is 2.16. The van der Waals surface area contributed by atoms with Crippen molar-refractivity contribution in [3.05, 3.63) is 35.4 Å². The van der Waals surface area contributed by atoms with Gasteiger partial charge in [0.15, 0.2) is 5.78 Å². The molecule has 0 fully saturated rings. The van der Waals surface area contributed by atoms with Crippen molar-refractivity contribution in [2.24, 2.45) is 5.92 Å². The molecule has 16 heavy (non-hydrogen) atoms. The second-order valence-corrected chi connectivity index (χ2v) is 3.77. The molecule has 4 heteroatoms. The van der Waals surface area contributed by atoms with Gasteiger partial charge in [0, 0.05) is 12.3 Å². The Kier molecular flexibility index (Phi) is 3.88. The zero-order chi connectivity index (χ0) is 12.3. The van der Waals surface area contributed by atoms with Crippen LogP contribution < -0.4 is 0 Å². The molecule has 0 bridgehead atoms. The fourth-order valence-corrected chi connectivity index (χ4v) is 1.50. The van der Waals surface area contributed by atoms with E-state index in [0.29, 0.717) is 0 Å². The molecule has 0 aliphatic carbocycles. The minimum absolute atomic E-state index is 0.00733. The van der Waals surface area contributed by atoms with Crippen molar-refractivity contribution >= 4 is 11.6 Å². The van der Waals surface area contributed by atoms with E-state index in [-0.39, 0.29) is 12.2 Å². The minimum Gasteiger partial charge on any atom is -0.300 e. The number of rotatable bonds is 4. The third kappa shape index (κ3) is 2.72. The van der Waals surface area contributed by atoms with Crippen LogP contribution in [0, 0.1) is 17.6 Å². The van der Waals surface area contributed by atoms with E-state index in [2.05, 4.69) is 0 Å². The molecule has 1 atom stereocenters. The van der Waals surface area contributed by atoms with Crippen LogP contribution >= 0.6 is 0 Å². The smallest absolute Gasteiger partial charge is 0.172 e. The average molecular weight is 226 g/mol. The summed E-state index contributed by atoms with van der Waals surface area (Å²) in [6.07, 6.45) is -0.00733. The number of hydrogen-bond acceptors (Lipinski definition) is 2. The maximum absolute atomic E-state index is 13.3. The highest BCUT2D eigenvalue weighted by molar-refractivity contribution is 6.00. The molecule has 1 unspecified atom stereocenters. The summed E-state index contributed by atoms with van der Waals surface area (Å²) in [6.45, 7) is 2.82. The quantitative estimate of drug-likeness (QED) is 0.740. The molecule has 0 spiro atoms. The van der Waals surface area contributed by atoms with E-state index in [1.165, 1.54) is 19.9 Å². The molecule has 86 valence electrons. The molecule has 2 nitrogen and oxygen atoms in total. The van der Waals surface area contributed by atoms with E-state index < -0.39 is 28.9 Å². The zero-order valence-corrected chi connectivity index (χ0v) is 9.09. The first-order valence-corrected chi connectivity index (χ1v) is 4.91. The second-order valence-electron chi connectivity index (χ2n) is 3.77. The van der Waals surface area contributed by atoms with E-state index in [9.17, 15) is 18.4 Å². The lowest BCUT2D eigenvalue weighted by Gasteiger charge is -2.09. The van der Waals surface area contributed by atoms with Gasteiger partial charge in [-0.2, -0.15) is 0 Å². The Hall–Kier alpha value is -1.58. The van der Waals surface area contributed by atoms with Crippen molar-refractivity contribution in [3.8, 4) is 0 Å². The highest BCUT2D eigenvalue weighted by Crippen LogP contribution is 2.18. The Morgan fingerprint density at radius 1 is 1.25 bits per heavy atom. The first-order chi connectivity index (χ1) is 7.43. The molecule has 0 aliphatic rings. The van der Waals surface area contributed by atoms with Gasteiger partial charge in [0.2, 0.25) is 0 Å². The molecule has 0 aliphatic heterocycles. The number of carbonyl (C=O) groups excluding carboxylic acids is 2. The summed E-state index contributed by atoms with van der Waals surface area (Å²) >= 11 is 0. The van der Waals surface area contributed by atoms with Crippen molar-refractivity contribution < 1.29 is 18.4 Å². The normalized spacial score (nSPS) is 12.2. The second kappa shape index (κ2) is 4.96. The summed E-state index contributed by atoms with van der Waals surface area (Å²) in [4.78, 5) is 22.5. The van der Waals surface area contributed by atoms with Gasteiger partial charge in [-0.1, -0.05) is 13.0 Å². The molecule has 0 heterocycles. The molecule has 0 N–H and O–H groups in total. The van der Waals surface area contributed by atoms with E-state index in [4.69, 9.17) is 0 Å². The van der Waals surface area contributed by atoms with E-state index in [1.807, 2.05) is 0 Å². The van der Waals surface area contributed by atoms with Gasteiger partial charge in [0.1, 0.15) is 17.4 Å². The molecule has 0 aromatic heterocycles. The molecular weight excluding hydrogens is 214 g/mol. The summed E-state index contributed by atoms with van der Waals surface area (Å²) in [6, 6.07) is 3.24. The number of Topliss-reactive ketones (excluding diaryl/α,β-unsaturated/α-hetero) is 2. The van der Waals surface area contributed by atoms with Gasteiger partial charge >= 0.3 is 0 Å². The highest BCUT2D eigenvalue weighted by atomic mass is 19.1. The minimum atomic E-state index is -0.889. The molecule has 1 aromatic carbocycles. The van der Waals surface area contributed by atoms with Crippen LogP contribution in [-0.4, -0.2) is 11.6 Å². The Balaban J connectivity index is 3.00. The Labute approximate surface area is 92.3 Å². The molecule has 0 saturated heterocycles. The van der Waals surface area contributed by atoms with E-state index in [1.54, 1.807) is 0 Å². The lowest BCUT2D eigenvalue weighted by molar-refractivity contribution is -0.117. The zero-order valence-electron chi connectivity index (χ0n) is 9.09. The van der Waals surface area contributed by atoms with Crippen molar-refractivity contribution in [1.82, 2.24) is 0 Å². The fourth-order valence-electron chi connectivity index (χ4n) is 1.50. The van der Waals surface area contributed by atoms with Crippen molar-refractivity contribution in [2.45, 2.75) is 20.3 Å². The van der Waals surface area contributed by atoms with Gasteiger partial charge in [-0.3, -0.25) is 4.79 Å². The molecule has 0 radical (unpaired) electrons. The van der Waals surface area contributed by atoms with Crippen LogP contribution in [0.15, 0.2) is 18.2 Å². The Bertz CT molecular complexity index is 407. The monoisotopic (exact) mass is 226 g/mol. The summed E-state index contributed by atoms with van der Waals surface area (Å²) < 4.78 is 26.5. The Morgan fingerprint density at radius 3 is 2.19 bits per heavy atom. The van der Waals surface area contributed by atoms with Gasteiger partial charge in [-0.05, 0) is 19.1 Å². The van der Waals surface area contributed by atoms with E-state index >= 15 is 0 Å². The number of carbonyl (C=O) groups is 2. The summed E-state index contributed by atoms with van der Waals surface area (Å²) in [7, 11) is 0. The van der Waals surface area contributed by atoms with Crippen LogP contribution in [0.3, 0.4) is 0 Å². The summed E-state index contributed by atoms with van der Waals surface area (Å²) in [5, 5.41) is 0.